The largest absolute Gasteiger partial charge is 0.394 e. The molecule has 0 atom stereocenters. The predicted molar refractivity (Wildman–Crippen MR) is 84.7 cm³/mol. The smallest absolute Gasteiger partial charge is 0.267 e. The molecule has 1 rings (SSSR count). The molecule has 118 valence electrons. The fourth-order valence-electron chi connectivity index (χ4n) is 1.40. The van der Waals surface area contributed by atoms with E-state index in [4.69, 9.17) is 38.3 Å². The highest BCUT2D eigenvalue weighted by atomic mass is 35.5. The first kappa shape index (κ1) is 18.3. The van der Waals surface area contributed by atoms with E-state index >= 15 is 0 Å². The molecule has 1 amide bonds. The van der Waals surface area contributed by atoms with E-state index in [9.17, 15) is 4.79 Å². The summed E-state index contributed by atoms with van der Waals surface area (Å²) in [6.07, 6.45) is 1.29. The molecule has 1 aromatic rings. The molecule has 0 saturated heterocycles. The summed E-state index contributed by atoms with van der Waals surface area (Å²) in [4.78, 5) is 12.0. The van der Waals surface area contributed by atoms with Crippen LogP contribution < -0.4 is 10.6 Å². The van der Waals surface area contributed by atoms with E-state index in [2.05, 4.69) is 10.6 Å². The van der Waals surface area contributed by atoms with Gasteiger partial charge in [0.2, 0.25) is 0 Å². The Bertz CT molecular complexity index is 585. The lowest BCUT2D eigenvalue weighted by molar-refractivity contribution is -0.112. The zero-order valence-corrected chi connectivity index (χ0v) is 13.1. The van der Waals surface area contributed by atoms with Gasteiger partial charge < -0.3 is 20.5 Å². The molecule has 0 heterocycles. The Labute approximate surface area is 138 Å². The molecule has 0 radical (unpaired) electrons. The van der Waals surface area contributed by atoms with Crippen molar-refractivity contribution in [2.24, 2.45) is 0 Å². The molecule has 0 spiro atoms. The van der Waals surface area contributed by atoms with Gasteiger partial charge in [-0.2, -0.15) is 5.26 Å². The van der Waals surface area contributed by atoms with E-state index in [1.807, 2.05) is 0 Å². The second kappa shape index (κ2) is 10.0. The molecule has 0 aliphatic carbocycles. The van der Waals surface area contributed by atoms with Crippen molar-refractivity contribution in [2.45, 2.75) is 0 Å². The predicted octanol–water partition coefficient (Wildman–Crippen LogP) is 1.94. The maximum absolute atomic E-state index is 12.0. The summed E-state index contributed by atoms with van der Waals surface area (Å²) in [6, 6.07) is 6.42. The number of hydrogen-bond acceptors (Lipinski definition) is 5. The van der Waals surface area contributed by atoms with E-state index in [1.54, 1.807) is 18.2 Å². The second-order valence-electron chi connectivity index (χ2n) is 4.04. The average molecular weight is 344 g/mol. The topological polar surface area (TPSA) is 94.4 Å². The fraction of sp³-hybridized carbons (Fsp3) is 0.286. The maximum atomic E-state index is 12.0. The highest BCUT2D eigenvalue weighted by Crippen LogP contribution is 2.25. The lowest BCUT2D eigenvalue weighted by atomic mass is 10.2. The number of nitrogens with zero attached hydrogens (tertiary/aromatic N) is 1. The lowest BCUT2D eigenvalue weighted by Crippen LogP contribution is -2.19. The minimum absolute atomic E-state index is 0.0535. The number of amides is 1. The van der Waals surface area contributed by atoms with Gasteiger partial charge in [-0.25, -0.2) is 0 Å². The van der Waals surface area contributed by atoms with Crippen LogP contribution in [0.2, 0.25) is 10.0 Å². The first-order valence-corrected chi connectivity index (χ1v) is 7.12. The van der Waals surface area contributed by atoms with Crippen molar-refractivity contribution in [3.8, 4) is 6.07 Å². The van der Waals surface area contributed by atoms with E-state index in [1.165, 1.54) is 12.3 Å². The molecule has 1 aromatic carbocycles. The number of hydrogen-bond donors (Lipinski definition) is 3. The standard InChI is InChI=1S/C14H15Cl2N3O3/c15-11-1-2-12(16)13(7-11)19-14(21)10(8-17)9-18-3-5-22-6-4-20/h1-2,7,9,18,20H,3-6H2,(H,19,21)/b10-9-. The minimum atomic E-state index is -0.601. The average Bonchev–Trinajstić information content (AvgIpc) is 2.50. The maximum Gasteiger partial charge on any atom is 0.267 e. The third kappa shape index (κ3) is 6.33. The molecule has 0 fully saturated rings. The van der Waals surface area contributed by atoms with Gasteiger partial charge in [0.15, 0.2) is 0 Å². The Morgan fingerprint density at radius 1 is 1.41 bits per heavy atom. The Morgan fingerprint density at radius 3 is 2.86 bits per heavy atom. The molecule has 8 heteroatoms. The Hall–Kier alpha value is -1.78. The number of carbonyl (C=O) groups is 1. The summed E-state index contributed by atoms with van der Waals surface area (Å²) in [7, 11) is 0. The van der Waals surface area contributed by atoms with Crippen molar-refractivity contribution in [3.63, 3.8) is 0 Å². The molecule has 0 aliphatic heterocycles. The van der Waals surface area contributed by atoms with Crippen LogP contribution >= 0.6 is 23.2 Å². The van der Waals surface area contributed by atoms with Gasteiger partial charge in [-0.15, -0.1) is 0 Å². The third-order valence-corrected chi connectivity index (χ3v) is 2.98. The molecule has 0 saturated carbocycles. The van der Waals surface area contributed by atoms with Crippen molar-refractivity contribution in [1.82, 2.24) is 5.32 Å². The van der Waals surface area contributed by atoms with Crippen molar-refractivity contribution in [3.05, 3.63) is 40.0 Å². The summed E-state index contributed by atoms with van der Waals surface area (Å²) in [6.45, 7) is 0.931. The number of nitriles is 1. The first-order chi connectivity index (χ1) is 10.6. The van der Waals surface area contributed by atoms with Crippen molar-refractivity contribution in [1.29, 1.82) is 5.26 Å². The minimum Gasteiger partial charge on any atom is -0.394 e. The van der Waals surface area contributed by atoms with E-state index in [0.29, 0.717) is 28.9 Å². The van der Waals surface area contributed by atoms with Gasteiger partial charge in [0, 0.05) is 17.8 Å². The van der Waals surface area contributed by atoms with Gasteiger partial charge in [-0.1, -0.05) is 23.2 Å². The van der Waals surface area contributed by atoms with Crippen LogP contribution in [0.3, 0.4) is 0 Å². The molecule has 0 unspecified atom stereocenters. The van der Waals surface area contributed by atoms with Gasteiger partial charge in [-0.05, 0) is 18.2 Å². The molecule has 6 nitrogen and oxygen atoms in total. The van der Waals surface area contributed by atoms with Crippen LogP contribution in [-0.2, 0) is 9.53 Å². The highest BCUT2D eigenvalue weighted by molar-refractivity contribution is 6.35. The normalized spacial score (nSPS) is 10.9. The molecule has 22 heavy (non-hydrogen) atoms. The van der Waals surface area contributed by atoms with Gasteiger partial charge in [-0.3, -0.25) is 4.79 Å². The van der Waals surface area contributed by atoms with Crippen LogP contribution in [-0.4, -0.2) is 37.4 Å². The molecule has 3 N–H and O–H groups in total. The number of aliphatic hydroxyl groups is 1. The molecule has 0 aromatic heterocycles. The van der Waals surface area contributed by atoms with Gasteiger partial charge in [0.25, 0.3) is 5.91 Å². The molecule has 0 aliphatic rings. The van der Waals surface area contributed by atoms with E-state index in [0.717, 1.165) is 0 Å². The van der Waals surface area contributed by atoms with E-state index in [-0.39, 0.29) is 18.8 Å². The Kier molecular flexibility index (Phi) is 8.33. The summed E-state index contributed by atoms with van der Waals surface area (Å²) >= 11 is 11.8. The lowest BCUT2D eigenvalue weighted by Gasteiger charge is -2.07. The number of benzene rings is 1. The quantitative estimate of drug-likeness (QED) is 0.381. The van der Waals surface area contributed by atoms with Crippen molar-refractivity contribution >= 4 is 34.8 Å². The number of carbonyl (C=O) groups excluding carboxylic acids is 1. The zero-order valence-electron chi connectivity index (χ0n) is 11.6. The molecule has 0 bridgehead atoms. The van der Waals surface area contributed by atoms with Crippen LogP contribution in [0.4, 0.5) is 5.69 Å². The van der Waals surface area contributed by atoms with Gasteiger partial charge >= 0.3 is 0 Å². The molecular weight excluding hydrogens is 329 g/mol. The number of aliphatic hydroxyl groups excluding tert-OH is 1. The first-order valence-electron chi connectivity index (χ1n) is 6.37. The number of ether oxygens (including phenoxy) is 1. The van der Waals surface area contributed by atoms with Crippen molar-refractivity contribution < 1.29 is 14.6 Å². The van der Waals surface area contributed by atoms with Crippen LogP contribution in [0.5, 0.6) is 0 Å². The number of nitrogens with one attached hydrogen (secondary N) is 2. The Balaban J connectivity index is 2.57. The SMILES string of the molecule is N#C/C(=C/NCCOCCO)C(=O)Nc1cc(Cl)ccc1Cl. The monoisotopic (exact) mass is 343 g/mol. The van der Waals surface area contributed by atoms with Crippen LogP contribution in [0.25, 0.3) is 0 Å². The summed E-state index contributed by atoms with van der Waals surface area (Å²) in [5.41, 5.74) is 0.213. The Morgan fingerprint density at radius 2 is 2.18 bits per heavy atom. The fourth-order valence-corrected chi connectivity index (χ4v) is 1.74. The third-order valence-electron chi connectivity index (χ3n) is 2.41. The summed E-state index contributed by atoms with van der Waals surface area (Å²) in [5, 5.41) is 23.6. The number of rotatable bonds is 8. The summed E-state index contributed by atoms with van der Waals surface area (Å²) < 4.78 is 5.03. The highest BCUT2D eigenvalue weighted by Gasteiger charge is 2.11. The van der Waals surface area contributed by atoms with Crippen molar-refractivity contribution in [2.75, 3.05) is 31.7 Å². The van der Waals surface area contributed by atoms with Gasteiger partial charge in [0.05, 0.1) is 30.5 Å². The van der Waals surface area contributed by atoms with Crippen LogP contribution in [0.1, 0.15) is 0 Å². The number of anilines is 1. The summed E-state index contributed by atoms with van der Waals surface area (Å²) in [5.74, 6) is -0.601. The molecular formula is C14H15Cl2N3O3. The van der Waals surface area contributed by atoms with E-state index < -0.39 is 5.91 Å². The van der Waals surface area contributed by atoms with Gasteiger partial charge in [0.1, 0.15) is 11.6 Å². The van der Waals surface area contributed by atoms with Crippen LogP contribution in [0, 0.1) is 11.3 Å². The number of halogens is 2. The second-order valence-corrected chi connectivity index (χ2v) is 4.88. The zero-order chi connectivity index (χ0) is 16.4. The van der Waals surface area contributed by atoms with Crippen LogP contribution in [0.15, 0.2) is 30.0 Å².